The van der Waals surface area contributed by atoms with Crippen LogP contribution in [0, 0.1) is 11.3 Å². The van der Waals surface area contributed by atoms with Crippen LogP contribution in [-0.4, -0.2) is 21.4 Å². The van der Waals surface area contributed by atoms with E-state index in [0.29, 0.717) is 16.3 Å². The minimum Gasteiger partial charge on any atom is -0.497 e. The number of aryl methyl sites for hydroxylation is 1. The molecule has 0 unspecified atom stereocenters. The Morgan fingerprint density at radius 3 is 2.58 bits per heavy atom. The van der Waals surface area contributed by atoms with Gasteiger partial charge in [0.25, 0.3) is 15.9 Å². The van der Waals surface area contributed by atoms with E-state index in [9.17, 15) is 18.5 Å². The number of benzene rings is 2. The minimum atomic E-state index is -3.91. The van der Waals surface area contributed by atoms with Crippen molar-refractivity contribution in [1.82, 2.24) is 0 Å². The fourth-order valence-electron chi connectivity index (χ4n) is 3.51. The van der Waals surface area contributed by atoms with Crippen LogP contribution in [0.5, 0.6) is 5.75 Å². The molecule has 0 radical (unpaired) electrons. The van der Waals surface area contributed by atoms with Gasteiger partial charge in [-0.25, -0.2) is 8.42 Å². The van der Waals surface area contributed by atoms with Gasteiger partial charge in [0, 0.05) is 4.88 Å². The number of fused-ring (bicyclic) bond motifs is 1. The highest BCUT2D eigenvalue weighted by Crippen LogP contribution is 2.39. The number of sulfonamides is 1. The Morgan fingerprint density at radius 1 is 1.13 bits per heavy atom. The number of anilines is 2. The van der Waals surface area contributed by atoms with Crippen molar-refractivity contribution in [2.24, 2.45) is 0 Å². The number of hydrogen-bond acceptors (Lipinski definition) is 6. The number of nitrogens with one attached hydrogen (secondary N) is 2. The van der Waals surface area contributed by atoms with Gasteiger partial charge in [0.15, 0.2) is 0 Å². The predicted octanol–water partition coefficient (Wildman–Crippen LogP) is 4.17. The van der Waals surface area contributed by atoms with Gasteiger partial charge in [-0.1, -0.05) is 12.1 Å². The topological polar surface area (TPSA) is 108 Å². The molecule has 0 saturated heterocycles. The molecule has 9 heteroatoms. The van der Waals surface area contributed by atoms with Gasteiger partial charge in [0.2, 0.25) is 0 Å². The maximum atomic E-state index is 13.0. The summed E-state index contributed by atoms with van der Waals surface area (Å²) in [5, 5.41) is 12.8. The highest BCUT2D eigenvalue weighted by atomic mass is 32.2. The Bertz CT molecular complexity index is 1290. The van der Waals surface area contributed by atoms with Gasteiger partial charge in [-0.3, -0.25) is 9.52 Å². The third-order valence-corrected chi connectivity index (χ3v) is 7.63. The number of amides is 1. The standard InChI is InChI=1S/C22H19N3O4S2/c1-29-14-9-11-15(12-10-14)31(27,28)25-19-7-3-2-5-17(19)21(26)24-22-18(13-23)16-6-4-8-20(16)30-22/h2-3,5,7,9-12,25H,4,6,8H2,1H3,(H,24,26). The van der Waals surface area contributed by atoms with E-state index in [1.165, 1.54) is 42.7 Å². The molecule has 0 aliphatic heterocycles. The lowest BCUT2D eigenvalue weighted by atomic mass is 10.1. The average molecular weight is 454 g/mol. The van der Waals surface area contributed by atoms with Crippen LogP contribution in [0.25, 0.3) is 0 Å². The first kappa shape index (κ1) is 20.9. The van der Waals surface area contributed by atoms with Crippen molar-refractivity contribution >= 4 is 38.0 Å². The fraction of sp³-hybridized carbons (Fsp3) is 0.182. The summed E-state index contributed by atoms with van der Waals surface area (Å²) in [5.41, 5.74) is 1.83. The van der Waals surface area contributed by atoms with Gasteiger partial charge in [-0.05, 0) is 61.2 Å². The number of carbonyl (C=O) groups excluding carboxylic acids is 1. The Kier molecular flexibility index (Phi) is 5.67. The summed E-state index contributed by atoms with van der Waals surface area (Å²) in [4.78, 5) is 14.1. The van der Waals surface area contributed by atoms with Crippen LogP contribution in [0.1, 0.15) is 32.8 Å². The summed E-state index contributed by atoms with van der Waals surface area (Å²) in [5.74, 6) is 0.0549. The van der Waals surface area contributed by atoms with Gasteiger partial charge in [-0.2, -0.15) is 5.26 Å². The highest BCUT2D eigenvalue weighted by Gasteiger charge is 2.24. The number of hydrogen-bond donors (Lipinski definition) is 2. The third-order valence-electron chi connectivity index (χ3n) is 5.05. The lowest BCUT2D eigenvalue weighted by Gasteiger charge is -2.13. The molecule has 4 rings (SSSR count). The molecule has 1 heterocycles. The molecule has 31 heavy (non-hydrogen) atoms. The maximum Gasteiger partial charge on any atom is 0.261 e. The first-order valence-corrected chi connectivity index (χ1v) is 11.8. The molecular weight excluding hydrogens is 434 g/mol. The number of rotatable bonds is 6. The molecule has 0 bridgehead atoms. The molecule has 0 fully saturated rings. The second kappa shape index (κ2) is 8.41. The van der Waals surface area contributed by atoms with Crippen molar-refractivity contribution in [3.8, 4) is 11.8 Å². The summed E-state index contributed by atoms with van der Waals surface area (Å²) in [6.45, 7) is 0. The van der Waals surface area contributed by atoms with Gasteiger partial charge in [0.1, 0.15) is 16.8 Å². The largest absolute Gasteiger partial charge is 0.497 e. The van der Waals surface area contributed by atoms with Gasteiger partial charge >= 0.3 is 0 Å². The van der Waals surface area contributed by atoms with Gasteiger partial charge in [0.05, 0.1) is 28.8 Å². The average Bonchev–Trinajstić information content (AvgIpc) is 3.34. The zero-order valence-electron chi connectivity index (χ0n) is 16.6. The number of nitrogens with zero attached hydrogens (tertiary/aromatic N) is 1. The molecule has 1 amide bonds. The van der Waals surface area contributed by atoms with Crippen molar-refractivity contribution in [3.63, 3.8) is 0 Å². The van der Waals surface area contributed by atoms with Crippen LogP contribution in [0.4, 0.5) is 10.7 Å². The van der Waals surface area contributed by atoms with Crippen molar-refractivity contribution in [3.05, 3.63) is 70.1 Å². The van der Waals surface area contributed by atoms with E-state index in [-0.39, 0.29) is 16.1 Å². The van der Waals surface area contributed by atoms with E-state index >= 15 is 0 Å². The summed E-state index contributed by atoms with van der Waals surface area (Å²) in [6, 6.07) is 14.5. The Labute approximate surface area is 184 Å². The van der Waals surface area contributed by atoms with Gasteiger partial charge in [-0.15, -0.1) is 11.3 Å². The quantitative estimate of drug-likeness (QED) is 0.582. The zero-order chi connectivity index (χ0) is 22.0. The number of ether oxygens (including phenoxy) is 1. The molecule has 1 aromatic heterocycles. The second-order valence-corrected chi connectivity index (χ2v) is 9.74. The maximum absolute atomic E-state index is 13.0. The van der Waals surface area contributed by atoms with Crippen molar-refractivity contribution in [2.45, 2.75) is 24.2 Å². The zero-order valence-corrected chi connectivity index (χ0v) is 18.3. The first-order chi connectivity index (χ1) is 14.9. The molecule has 0 spiro atoms. The van der Waals surface area contributed by atoms with E-state index in [4.69, 9.17) is 4.74 Å². The molecule has 0 saturated carbocycles. The molecule has 1 aliphatic carbocycles. The SMILES string of the molecule is COc1ccc(S(=O)(=O)Nc2ccccc2C(=O)Nc2sc3c(c2C#N)CCC3)cc1. The summed E-state index contributed by atoms with van der Waals surface area (Å²) < 4.78 is 33.2. The van der Waals surface area contributed by atoms with E-state index in [2.05, 4.69) is 16.1 Å². The number of nitriles is 1. The molecule has 158 valence electrons. The lowest BCUT2D eigenvalue weighted by molar-refractivity contribution is 0.102. The normalized spacial score (nSPS) is 12.6. The Balaban J connectivity index is 1.60. The van der Waals surface area contributed by atoms with Crippen LogP contribution >= 0.6 is 11.3 Å². The number of methoxy groups -OCH3 is 1. The number of thiophene rings is 1. The minimum absolute atomic E-state index is 0.0463. The summed E-state index contributed by atoms with van der Waals surface area (Å²) in [6.07, 6.45) is 2.76. The van der Waals surface area contributed by atoms with E-state index < -0.39 is 15.9 Å². The molecule has 2 N–H and O–H groups in total. The molecule has 1 aliphatic rings. The lowest BCUT2D eigenvalue weighted by Crippen LogP contribution is -2.18. The number of para-hydroxylation sites is 1. The van der Waals surface area contributed by atoms with Crippen molar-refractivity contribution in [2.75, 3.05) is 17.1 Å². The molecule has 7 nitrogen and oxygen atoms in total. The highest BCUT2D eigenvalue weighted by molar-refractivity contribution is 7.92. The van der Waals surface area contributed by atoms with E-state index in [1.54, 1.807) is 24.3 Å². The predicted molar refractivity (Wildman–Crippen MR) is 119 cm³/mol. The van der Waals surface area contributed by atoms with Crippen LogP contribution in [-0.2, 0) is 22.9 Å². The first-order valence-electron chi connectivity index (χ1n) is 9.55. The van der Waals surface area contributed by atoms with Crippen LogP contribution in [0.15, 0.2) is 53.4 Å². The van der Waals surface area contributed by atoms with Gasteiger partial charge < -0.3 is 10.1 Å². The summed E-state index contributed by atoms with van der Waals surface area (Å²) in [7, 11) is -2.42. The van der Waals surface area contributed by atoms with E-state index in [0.717, 1.165) is 29.7 Å². The molecule has 0 atom stereocenters. The van der Waals surface area contributed by atoms with E-state index in [1.807, 2.05) is 0 Å². The smallest absolute Gasteiger partial charge is 0.261 e. The van der Waals surface area contributed by atoms with Crippen molar-refractivity contribution < 1.29 is 17.9 Å². The molecule has 3 aromatic rings. The monoisotopic (exact) mass is 453 g/mol. The fourth-order valence-corrected chi connectivity index (χ4v) is 5.82. The van der Waals surface area contributed by atoms with Crippen LogP contribution in [0.3, 0.4) is 0 Å². The number of carbonyl (C=O) groups is 1. The second-order valence-electron chi connectivity index (χ2n) is 6.95. The van der Waals surface area contributed by atoms with Crippen molar-refractivity contribution in [1.29, 1.82) is 5.26 Å². The molecule has 2 aromatic carbocycles. The summed E-state index contributed by atoms with van der Waals surface area (Å²) >= 11 is 1.41. The Morgan fingerprint density at radius 2 is 1.87 bits per heavy atom. The molecular formula is C22H19N3O4S2. The van der Waals surface area contributed by atoms with Crippen LogP contribution in [0.2, 0.25) is 0 Å². The van der Waals surface area contributed by atoms with Crippen LogP contribution < -0.4 is 14.8 Å². The Hall–Kier alpha value is -3.35. The third kappa shape index (κ3) is 4.13.